The molecule has 6 heteroatoms. The molecule has 0 atom stereocenters. The van der Waals surface area contributed by atoms with E-state index in [1.54, 1.807) is 49.4 Å². The van der Waals surface area contributed by atoms with Gasteiger partial charge in [-0.3, -0.25) is 10.2 Å². The second-order valence-corrected chi connectivity index (χ2v) is 6.32. The van der Waals surface area contributed by atoms with Crippen molar-refractivity contribution in [3.8, 4) is 23.8 Å². The van der Waals surface area contributed by atoms with Crippen LogP contribution in [0.2, 0.25) is 0 Å². The quantitative estimate of drug-likeness (QED) is 0.343. The Morgan fingerprint density at radius 2 is 1.93 bits per heavy atom. The molecule has 0 aliphatic carbocycles. The number of hydrogen-bond donors (Lipinski definition) is 3. The zero-order valence-electron chi connectivity index (χ0n) is 15.6. The Hall–Kier alpha value is -4.11. The topological polar surface area (TPSA) is 88.2 Å². The van der Waals surface area contributed by atoms with Crippen LogP contribution in [0.5, 0.6) is 11.5 Å². The van der Waals surface area contributed by atoms with Crippen LogP contribution in [0.15, 0.2) is 60.7 Å². The van der Waals surface area contributed by atoms with E-state index >= 15 is 0 Å². The molecule has 144 valence electrons. The largest absolute Gasteiger partial charge is 0.456 e. The van der Waals surface area contributed by atoms with Gasteiger partial charge in [0.05, 0.1) is 5.56 Å². The number of terminal acetylenes is 1. The lowest BCUT2D eigenvalue weighted by Gasteiger charge is -2.14. The van der Waals surface area contributed by atoms with Gasteiger partial charge in [0.15, 0.2) is 0 Å². The number of carbonyl (C=O) groups excluding carboxylic acids is 1. The fourth-order valence-electron chi connectivity index (χ4n) is 2.69. The highest BCUT2D eigenvalue weighted by molar-refractivity contribution is 6.07. The third kappa shape index (κ3) is 4.60. The molecule has 0 aliphatic heterocycles. The van der Waals surface area contributed by atoms with Crippen molar-refractivity contribution in [3.05, 3.63) is 88.7 Å². The molecule has 0 saturated carbocycles. The number of hydrogen-bond acceptors (Lipinski definition) is 3. The maximum Gasteiger partial charge on any atom is 0.259 e. The maximum atomic E-state index is 13.4. The minimum absolute atomic E-state index is 0.102. The van der Waals surface area contributed by atoms with Gasteiger partial charge in [0.2, 0.25) is 0 Å². The van der Waals surface area contributed by atoms with E-state index in [0.29, 0.717) is 28.1 Å². The smallest absolute Gasteiger partial charge is 0.259 e. The number of anilines is 1. The van der Waals surface area contributed by atoms with Crippen LogP contribution in [-0.4, -0.2) is 11.7 Å². The summed E-state index contributed by atoms with van der Waals surface area (Å²) in [4.78, 5) is 12.9. The molecule has 0 aromatic heterocycles. The number of halogens is 1. The Morgan fingerprint density at radius 3 is 2.62 bits per heavy atom. The number of aryl methyl sites for hydroxylation is 1. The van der Waals surface area contributed by atoms with E-state index in [0.717, 1.165) is 0 Å². The van der Waals surface area contributed by atoms with Gasteiger partial charge in [-0.25, -0.2) is 4.39 Å². The Bertz CT molecular complexity index is 1150. The molecule has 0 saturated heterocycles. The Balaban J connectivity index is 1.94. The SMILES string of the molecule is C#Cc1ccc(C(=O)Nc2cccc(C(=N)N)c2)c(Oc2ccc(F)cc2C)c1. The third-order valence-corrected chi connectivity index (χ3v) is 4.18. The van der Waals surface area contributed by atoms with E-state index in [1.807, 2.05) is 0 Å². The number of benzene rings is 3. The van der Waals surface area contributed by atoms with Gasteiger partial charge in [0, 0.05) is 16.8 Å². The summed E-state index contributed by atoms with van der Waals surface area (Å²) in [5, 5.41) is 10.3. The van der Waals surface area contributed by atoms with Gasteiger partial charge in [-0.05, 0) is 61.0 Å². The summed E-state index contributed by atoms with van der Waals surface area (Å²) in [6.07, 6.45) is 5.47. The lowest BCUT2D eigenvalue weighted by molar-refractivity contribution is 0.102. The molecule has 5 nitrogen and oxygen atoms in total. The van der Waals surface area contributed by atoms with Crippen LogP contribution in [0.3, 0.4) is 0 Å². The summed E-state index contributed by atoms with van der Waals surface area (Å²) in [6, 6.07) is 15.5. The third-order valence-electron chi connectivity index (χ3n) is 4.18. The molecular weight excluding hydrogens is 369 g/mol. The molecular formula is C23H18FN3O2. The molecule has 1 amide bonds. The first-order valence-corrected chi connectivity index (χ1v) is 8.68. The molecule has 0 radical (unpaired) electrons. The highest BCUT2D eigenvalue weighted by atomic mass is 19.1. The zero-order chi connectivity index (χ0) is 21.0. The highest BCUT2D eigenvalue weighted by Gasteiger charge is 2.16. The standard InChI is InChI=1S/C23H18FN3O2/c1-3-15-7-9-19(21(12-15)29-20-10-8-17(24)11-14(20)2)23(28)27-18-6-4-5-16(13-18)22(25)26/h1,4-13H,2H3,(H3,25,26)(H,27,28). The van der Waals surface area contributed by atoms with E-state index < -0.39 is 5.91 Å². The summed E-state index contributed by atoms with van der Waals surface area (Å²) in [6.45, 7) is 1.70. The van der Waals surface area contributed by atoms with Crippen LogP contribution in [0.4, 0.5) is 10.1 Å². The van der Waals surface area contributed by atoms with Crippen LogP contribution >= 0.6 is 0 Å². The summed E-state index contributed by atoms with van der Waals surface area (Å²) < 4.78 is 19.3. The van der Waals surface area contributed by atoms with Gasteiger partial charge in [-0.15, -0.1) is 6.42 Å². The lowest BCUT2D eigenvalue weighted by atomic mass is 10.1. The lowest BCUT2D eigenvalue weighted by Crippen LogP contribution is -2.15. The van der Waals surface area contributed by atoms with Crippen molar-refractivity contribution >= 4 is 17.4 Å². The fraction of sp³-hybridized carbons (Fsp3) is 0.0435. The normalized spacial score (nSPS) is 10.1. The van der Waals surface area contributed by atoms with E-state index in [1.165, 1.54) is 18.2 Å². The molecule has 0 bridgehead atoms. The summed E-state index contributed by atoms with van der Waals surface area (Å²) in [5.41, 5.74) is 7.83. The molecule has 0 unspecified atom stereocenters. The van der Waals surface area contributed by atoms with Gasteiger partial charge in [-0.2, -0.15) is 0 Å². The van der Waals surface area contributed by atoms with Crippen molar-refractivity contribution < 1.29 is 13.9 Å². The molecule has 0 spiro atoms. The van der Waals surface area contributed by atoms with E-state index in [-0.39, 0.29) is 23.0 Å². The highest BCUT2D eigenvalue weighted by Crippen LogP contribution is 2.30. The molecule has 0 heterocycles. The maximum absolute atomic E-state index is 13.4. The number of nitrogens with two attached hydrogens (primary N) is 1. The van der Waals surface area contributed by atoms with Gasteiger partial charge < -0.3 is 15.8 Å². The van der Waals surface area contributed by atoms with E-state index in [9.17, 15) is 9.18 Å². The van der Waals surface area contributed by atoms with Crippen molar-refractivity contribution in [3.63, 3.8) is 0 Å². The molecule has 29 heavy (non-hydrogen) atoms. The average Bonchev–Trinajstić information content (AvgIpc) is 2.70. The monoisotopic (exact) mass is 387 g/mol. The Kier molecular flexibility index (Phi) is 5.61. The Morgan fingerprint density at radius 1 is 1.14 bits per heavy atom. The van der Waals surface area contributed by atoms with Crippen molar-refractivity contribution in [2.45, 2.75) is 6.92 Å². The van der Waals surface area contributed by atoms with Crippen molar-refractivity contribution in [1.29, 1.82) is 5.41 Å². The second kappa shape index (κ2) is 8.28. The predicted molar refractivity (Wildman–Crippen MR) is 111 cm³/mol. The second-order valence-electron chi connectivity index (χ2n) is 6.32. The number of amides is 1. The van der Waals surface area contributed by atoms with Crippen molar-refractivity contribution in [1.82, 2.24) is 0 Å². The number of carbonyl (C=O) groups is 1. The minimum Gasteiger partial charge on any atom is -0.456 e. The average molecular weight is 387 g/mol. The zero-order valence-corrected chi connectivity index (χ0v) is 15.6. The fourth-order valence-corrected chi connectivity index (χ4v) is 2.69. The van der Waals surface area contributed by atoms with Crippen LogP contribution in [0.1, 0.15) is 27.0 Å². The summed E-state index contributed by atoms with van der Waals surface area (Å²) in [5.74, 6) is 2.25. The van der Waals surface area contributed by atoms with Gasteiger partial charge in [0.25, 0.3) is 5.91 Å². The number of ether oxygens (including phenoxy) is 1. The molecule has 3 aromatic carbocycles. The van der Waals surface area contributed by atoms with Gasteiger partial charge >= 0.3 is 0 Å². The summed E-state index contributed by atoms with van der Waals surface area (Å²) >= 11 is 0. The number of nitrogens with one attached hydrogen (secondary N) is 2. The van der Waals surface area contributed by atoms with Crippen LogP contribution in [0.25, 0.3) is 0 Å². The first-order valence-electron chi connectivity index (χ1n) is 8.68. The molecule has 3 rings (SSSR count). The van der Waals surface area contributed by atoms with Crippen LogP contribution in [-0.2, 0) is 0 Å². The number of nitrogen functional groups attached to an aromatic ring is 1. The summed E-state index contributed by atoms with van der Waals surface area (Å²) in [7, 11) is 0. The molecule has 4 N–H and O–H groups in total. The van der Waals surface area contributed by atoms with Crippen molar-refractivity contribution in [2.75, 3.05) is 5.32 Å². The molecule has 3 aromatic rings. The van der Waals surface area contributed by atoms with Crippen LogP contribution in [0, 0.1) is 30.5 Å². The predicted octanol–water partition coefficient (Wildman–Crippen LogP) is 4.44. The first kappa shape index (κ1) is 19.6. The van der Waals surface area contributed by atoms with E-state index in [4.69, 9.17) is 22.3 Å². The van der Waals surface area contributed by atoms with E-state index in [2.05, 4.69) is 11.2 Å². The Labute approximate surface area is 167 Å². The van der Waals surface area contributed by atoms with Gasteiger partial charge in [0.1, 0.15) is 23.2 Å². The molecule has 0 fully saturated rings. The van der Waals surface area contributed by atoms with Crippen LogP contribution < -0.4 is 15.8 Å². The van der Waals surface area contributed by atoms with Gasteiger partial charge in [-0.1, -0.05) is 18.1 Å². The number of amidine groups is 1. The molecule has 0 aliphatic rings. The first-order chi connectivity index (χ1) is 13.9. The van der Waals surface area contributed by atoms with Crippen molar-refractivity contribution in [2.24, 2.45) is 5.73 Å². The minimum atomic E-state index is -0.427. The number of rotatable bonds is 5.